The fourth-order valence-electron chi connectivity index (χ4n) is 1.99. The normalized spacial score (nSPS) is 20.6. The van der Waals surface area contributed by atoms with Gasteiger partial charge in [0.25, 0.3) is 0 Å². The Labute approximate surface area is 125 Å². The summed E-state index contributed by atoms with van der Waals surface area (Å²) in [5, 5.41) is 5.19. The van der Waals surface area contributed by atoms with Crippen molar-refractivity contribution in [1.29, 1.82) is 0 Å². The molecule has 1 aliphatic rings. The summed E-state index contributed by atoms with van der Waals surface area (Å²) in [4.78, 5) is -0.0356. The Morgan fingerprint density at radius 1 is 1.10 bits per heavy atom. The van der Waals surface area contributed by atoms with E-state index >= 15 is 0 Å². The van der Waals surface area contributed by atoms with Crippen molar-refractivity contribution in [2.75, 3.05) is 7.11 Å². The fourth-order valence-corrected chi connectivity index (χ4v) is 2.57. The van der Waals surface area contributed by atoms with Gasteiger partial charge in [-0.1, -0.05) is 0 Å². The number of sulfonamides is 1. The van der Waals surface area contributed by atoms with Crippen LogP contribution >= 0.6 is 0 Å². The first-order valence-corrected chi connectivity index (χ1v) is 8.08. The lowest BCUT2D eigenvalue weighted by Crippen LogP contribution is -2.41. The zero-order valence-corrected chi connectivity index (χ0v) is 13.7. The highest BCUT2D eigenvalue weighted by Crippen LogP contribution is 2.36. The summed E-state index contributed by atoms with van der Waals surface area (Å²) in [6.45, 7) is 7.70. The number of primary sulfonamides is 1. The average Bonchev–Trinajstić information content (AvgIpc) is 2.57. The minimum absolute atomic E-state index is 0.0356. The average molecular weight is 313 g/mol. The van der Waals surface area contributed by atoms with Crippen molar-refractivity contribution >= 4 is 22.6 Å². The van der Waals surface area contributed by atoms with Crippen LogP contribution < -0.4 is 15.3 Å². The van der Waals surface area contributed by atoms with Gasteiger partial charge in [-0.3, -0.25) is 0 Å². The summed E-state index contributed by atoms with van der Waals surface area (Å²) in [7, 11) is -3.06. The van der Waals surface area contributed by atoms with Gasteiger partial charge in [-0.25, -0.2) is 13.6 Å². The second-order valence-electron chi connectivity index (χ2n) is 6.08. The van der Waals surface area contributed by atoms with Crippen molar-refractivity contribution in [1.82, 2.24) is 0 Å². The Morgan fingerprint density at radius 2 is 1.62 bits per heavy atom. The standard InChI is InChI=1S/C13H20BNO5S/c1-12(2)13(3,4)20-14(19-12)9-6-10(18-5)8-11(7-9)21(15,16)17/h6-8H,1-5H3,(H2,15,16,17). The Morgan fingerprint density at radius 3 is 2.05 bits per heavy atom. The van der Waals surface area contributed by atoms with Crippen molar-refractivity contribution in [2.45, 2.75) is 43.8 Å². The maximum atomic E-state index is 11.6. The minimum atomic E-state index is -3.84. The molecule has 0 bridgehead atoms. The summed E-state index contributed by atoms with van der Waals surface area (Å²) in [6.07, 6.45) is 0. The molecule has 1 heterocycles. The molecular formula is C13H20BNO5S. The van der Waals surface area contributed by atoms with Crippen LogP contribution in [0, 0.1) is 0 Å². The summed E-state index contributed by atoms with van der Waals surface area (Å²) in [5.41, 5.74) is -0.470. The lowest BCUT2D eigenvalue weighted by atomic mass is 9.79. The fraction of sp³-hybridized carbons (Fsp3) is 0.538. The molecule has 1 aromatic carbocycles. The van der Waals surface area contributed by atoms with Crippen molar-refractivity contribution in [3.05, 3.63) is 18.2 Å². The second-order valence-corrected chi connectivity index (χ2v) is 7.64. The number of rotatable bonds is 3. The number of benzene rings is 1. The van der Waals surface area contributed by atoms with Crippen molar-refractivity contribution in [3.63, 3.8) is 0 Å². The third kappa shape index (κ3) is 3.08. The monoisotopic (exact) mass is 313 g/mol. The zero-order valence-electron chi connectivity index (χ0n) is 12.8. The van der Waals surface area contributed by atoms with Crippen LogP contribution in [-0.4, -0.2) is 33.8 Å². The van der Waals surface area contributed by atoms with E-state index in [4.69, 9.17) is 19.2 Å². The molecule has 116 valence electrons. The van der Waals surface area contributed by atoms with E-state index in [-0.39, 0.29) is 4.90 Å². The number of hydrogen-bond donors (Lipinski definition) is 1. The third-order valence-electron chi connectivity index (χ3n) is 3.99. The molecule has 0 radical (unpaired) electrons. The first-order valence-electron chi connectivity index (χ1n) is 6.54. The molecule has 0 saturated carbocycles. The van der Waals surface area contributed by atoms with Gasteiger partial charge in [0.05, 0.1) is 23.2 Å². The maximum Gasteiger partial charge on any atom is 0.495 e. The van der Waals surface area contributed by atoms with E-state index in [0.717, 1.165) is 0 Å². The van der Waals surface area contributed by atoms with Crippen LogP contribution in [0.15, 0.2) is 23.1 Å². The number of ether oxygens (including phenoxy) is 1. The van der Waals surface area contributed by atoms with Gasteiger partial charge < -0.3 is 14.0 Å². The SMILES string of the molecule is COc1cc(B2OC(C)(C)C(C)(C)O2)cc(S(N)(=O)=O)c1. The van der Waals surface area contributed by atoms with E-state index in [1.165, 1.54) is 19.2 Å². The van der Waals surface area contributed by atoms with Gasteiger partial charge in [-0.2, -0.15) is 0 Å². The maximum absolute atomic E-state index is 11.6. The molecule has 21 heavy (non-hydrogen) atoms. The molecule has 2 N–H and O–H groups in total. The van der Waals surface area contributed by atoms with E-state index < -0.39 is 28.3 Å². The summed E-state index contributed by atoms with van der Waals surface area (Å²) < 4.78 is 40.1. The third-order valence-corrected chi connectivity index (χ3v) is 4.88. The smallest absolute Gasteiger partial charge is 0.495 e. The van der Waals surface area contributed by atoms with E-state index in [2.05, 4.69) is 0 Å². The Hall–Kier alpha value is -1.09. The Kier molecular flexibility index (Phi) is 3.86. The molecule has 0 aromatic heterocycles. The van der Waals surface area contributed by atoms with E-state index in [1.807, 2.05) is 27.7 Å². The minimum Gasteiger partial charge on any atom is -0.497 e. The van der Waals surface area contributed by atoms with Gasteiger partial charge in [0, 0.05) is 6.07 Å². The lowest BCUT2D eigenvalue weighted by Gasteiger charge is -2.32. The number of nitrogens with two attached hydrogens (primary N) is 1. The molecular weight excluding hydrogens is 293 g/mol. The van der Waals surface area contributed by atoms with Crippen LogP contribution in [0.4, 0.5) is 0 Å². The van der Waals surface area contributed by atoms with E-state index in [0.29, 0.717) is 11.2 Å². The van der Waals surface area contributed by atoms with Crippen LogP contribution in [0.25, 0.3) is 0 Å². The van der Waals surface area contributed by atoms with Gasteiger partial charge in [0.15, 0.2) is 0 Å². The van der Waals surface area contributed by atoms with Crippen LogP contribution in [0.2, 0.25) is 0 Å². The summed E-state index contributed by atoms with van der Waals surface area (Å²) in [5.74, 6) is 0.381. The molecule has 1 saturated heterocycles. The highest BCUT2D eigenvalue weighted by molar-refractivity contribution is 7.89. The molecule has 0 spiro atoms. The number of hydrogen-bond acceptors (Lipinski definition) is 5. The lowest BCUT2D eigenvalue weighted by molar-refractivity contribution is 0.00578. The van der Waals surface area contributed by atoms with Crippen LogP contribution in [0.1, 0.15) is 27.7 Å². The Balaban J connectivity index is 2.46. The predicted octanol–water partition coefficient (Wildman–Crippen LogP) is 0.642. The molecule has 1 fully saturated rings. The van der Waals surface area contributed by atoms with Crippen LogP contribution in [0.3, 0.4) is 0 Å². The molecule has 6 nitrogen and oxygen atoms in total. The molecule has 1 aromatic rings. The molecule has 0 aliphatic carbocycles. The first-order chi connectivity index (χ1) is 9.46. The zero-order chi connectivity index (χ0) is 16.1. The van der Waals surface area contributed by atoms with E-state index in [9.17, 15) is 8.42 Å². The summed E-state index contributed by atoms with van der Waals surface area (Å²) >= 11 is 0. The summed E-state index contributed by atoms with van der Waals surface area (Å²) in [6, 6.07) is 4.49. The van der Waals surface area contributed by atoms with Crippen LogP contribution in [0.5, 0.6) is 5.75 Å². The molecule has 8 heteroatoms. The molecule has 0 amide bonds. The Bertz CT molecular complexity index is 641. The van der Waals surface area contributed by atoms with Gasteiger partial charge in [-0.05, 0) is 45.3 Å². The van der Waals surface area contributed by atoms with Crippen molar-refractivity contribution < 1.29 is 22.5 Å². The molecule has 0 unspecified atom stereocenters. The van der Waals surface area contributed by atoms with E-state index in [1.54, 1.807) is 6.07 Å². The number of methoxy groups -OCH3 is 1. The highest BCUT2D eigenvalue weighted by Gasteiger charge is 2.51. The molecule has 2 rings (SSSR count). The topological polar surface area (TPSA) is 87.8 Å². The predicted molar refractivity (Wildman–Crippen MR) is 80.1 cm³/mol. The highest BCUT2D eigenvalue weighted by atomic mass is 32.2. The van der Waals surface area contributed by atoms with Crippen LogP contribution in [-0.2, 0) is 19.3 Å². The molecule has 0 atom stereocenters. The van der Waals surface area contributed by atoms with Gasteiger partial charge in [-0.15, -0.1) is 0 Å². The molecule has 1 aliphatic heterocycles. The van der Waals surface area contributed by atoms with Gasteiger partial charge in [0.1, 0.15) is 5.75 Å². The first kappa shape index (κ1) is 16.3. The largest absolute Gasteiger partial charge is 0.497 e. The van der Waals surface area contributed by atoms with Gasteiger partial charge >= 0.3 is 7.12 Å². The van der Waals surface area contributed by atoms with Crippen molar-refractivity contribution in [2.24, 2.45) is 5.14 Å². The van der Waals surface area contributed by atoms with Crippen molar-refractivity contribution in [3.8, 4) is 5.75 Å². The van der Waals surface area contributed by atoms with Gasteiger partial charge in [0.2, 0.25) is 10.0 Å². The second kappa shape index (κ2) is 4.98. The quantitative estimate of drug-likeness (QED) is 0.828.